The molecule has 3 aromatic rings. The Bertz CT molecular complexity index is 767. The summed E-state index contributed by atoms with van der Waals surface area (Å²) >= 11 is 1.16. The van der Waals surface area contributed by atoms with Crippen molar-refractivity contribution in [1.29, 1.82) is 0 Å². The van der Waals surface area contributed by atoms with E-state index in [1.165, 1.54) is 0 Å². The molecule has 3 rings (SSSR count). The van der Waals surface area contributed by atoms with Gasteiger partial charge in [-0.15, -0.1) is 5.10 Å². The molecule has 1 N–H and O–H groups in total. The standard InChI is InChI=1S/C15H15N5OS/c1-10(17-15(21)14-9-22-19-18-14)13-8-16-20(11(13)2)12-6-4-3-5-7-12/h3-10H,1-2H3,(H,17,21)/t10-/m0/s1. The molecule has 2 heterocycles. The summed E-state index contributed by atoms with van der Waals surface area (Å²) < 4.78 is 5.56. The maximum atomic E-state index is 12.0. The Balaban J connectivity index is 1.81. The maximum Gasteiger partial charge on any atom is 0.273 e. The summed E-state index contributed by atoms with van der Waals surface area (Å²) in [6, 6.07) is 9.73. The molecule has 0 fully saturated rings. The third kappa shape index (κ3) is 2.75. The normalized spacial score (nSPS) is 12.1. The summed E-state index contributed by atoms with van der Waals surface area (Å²) in [7, 11) is 0. The molecule has 0 saturated heterocycles. The van der Waals surface area contributed by atoms with Gasteiger partial charge in [0.25, 0.3) is 5.91 Å². The molecule has 112 valence electrons. The van der Waals surface area contributed by atoms with Gasteiger partial charge < -0.3 is 5.32 Å². The number of benzene rings is 1. The van der Waals surface area contributed by atoms with Crippen molar-refractivity contribution in [3.05, 3.63) is 58.9 Å². The highest BCUT2D eigenvalue weighted by molar-refractivity contribution is 7.03. The topological polar surface area (TPSA) is 72.7 Å². The Kier molecular flexibility index (Phi) is 3.97. The van der Waals surface area contributed by atoms with Gasteiger partial charge in [0.2, 0.25) is 0 Å². The number of para-hydroxylation sites is 1. The third-order valence-corrected chi connectivity index (χ3v) is 3.96. The van der Waals surface area contributed by atoms with Crippen molar-refractivity contribution in [2.45, 2.75) is 19.9 Å². The molecule has 22 heavy (non-hydrogen) atoms. The predicted octanol–water partition coefficient (Wildman–Crippen LogP) is 2.52. The highest BCUT2D eigenvalue weighted by atomic mass is 32.1. The van der Waals surface area contributed by atoms with Crippen molar-refractivity contribution in [2.24, 2.45) is 0 Å². The average Bonchev–Trinajstić information content (AvgIpc) is 3.17. The highest BCUT2D eigenvalue weighted by Gasteiger charge is 2.18. The van der Waals surface area contributed by atoms with Gasteiger partial charge in [0.05, 0.1) is 17.9 Å². The van der Waals surface area contributed by atoms with Crippen LogP contribution in [0.5, 0.6) is 0 Å². The number of nitrogens with zero attached hydrogens (tertiary/aromatic N) is 4. The quantitative estimate of drug-likeness (QED) is 0.803. The Morgan fingerprint density at radius 1 is 1.32 bits per heavy atom. The summed E-state index contributed by atoms with van der Waals surface area (Å²) in [5.41, 5.74) is 3.30. The molecular weight excluding hydrogens is 298 g/mol. The minimum Gasteiger partial charge on any atom is -0.344 e. The van der Waals surface area contributed by atoms with Crippen molar-refractivity contribution in [2.75, 3.05) is 0 Å². The second-order valence-corrected chi connectivity index (χ2v) is 5.53. The van der Waals surface area contributed by atoms with Crippen LogP contribution in [0, 0.1) is 6.92 Å². The van der Waals surface area contributed by atoms with Gasteiger partial charge in [-0.3, -0.25) is 4.79 Å². The largest absolute Gasteiger partial charge is 0.344 e. The molecule has 0 aliphatic rings. The van der Waals surface area contributed by atoms with Crippen molar-refractivity contribution in [3.63, 3.8) is 0 Å². The zero-order valence-electron chi connectivity index (χ0n) is 12.2. The average molecular weight is 313 g/mol. The van der Waals surface area contributed by atoms with Crippen LogP contribution in [0.1, 0.15) is 34.7 Å². The molecule has 0 spiro atoms. The van der Waals surface area contributed by atoms with Gasteiger partial charge in [0.1, 0.15) is 0 Å². The van der Waals surface area contributed by atoms with Crippen molar-refractivity contribution in [3.8, 4) is 5.69 Å². The van der Waals surface area contributed by atoms with Crippen LogP contribution < -0.4 is 5.32 Å². The molecular formula is C15H15N5OS. The molecule has 1 amide bonds. The molecule has 0 unspecified atom stereocenters. The minimum absolute atomic E-state index is 0.160. The van der Waals surface area contributed by atoms with E-state index in [1.807, 2.05) is 48.9 Å². The SMILES string of the molecule is Cc1c([C@H](C)NC(=O)c2csnn2)cnn1-c1ccccc1. The van der Waals surface area contributed by atoms with E-state index < -0.39 is 0 Å². The Hall–Kier alpha value is -2.54. The lowest BCUT2D eigenvalue weighted by Gasteiger charge is -2.13. The van der Waals surface area contributed by atoms with Crippen LogP contribution in [0.15, 0.2) is 41.9 Å². The minimum atomic E-state index is -0.229. The molecule has 1 aromatic carbocycles. The maximum absolute atomic E-state index is 12.0. The van der Waals surface area contributed by atoms with Crippen LogP contribution in [-0.4, -0.2) is 25.3 Å². The molecule has 0 radical (unpaired) electrons. The van der Waals surface area contributed by atoms with E-state index >= 15 is 0 Å². The van der Waals surface area contributed by atoms with Gasteiger partial charge in [0, 0.05) is 16.6 Å². The van der Waals surface area contributed by atoms with Gasteiger partial charge in [-0.25, -0.2) is 4.68 Å². The number of hydrogen-bond acceptors (Lipinski definition) is 5. The van der Waals surface area contributed by atoms with Gasteiger partial charge in [-0.2, -0.15) is 5.10 Å². The molecule has 6 nitrogen and oxygen atoms in total. The summed E-state index contributed by atoms with van der Waals surface area (Å²) in [6.45, 7) is 3.92. The number of hydrogen-bond donors (Lipinski definition) is 1. The number of aromatic nitrogens is 4. The van der Waals surface area contributed by atoms with Crippen LogP contribution in [0.4, 0.5) is 0 Å². The van der Waals surface area contributed by atoms with Gasteiger partial charge in [-0.05, 0) is 37.5 Å². The summed E-state index contributed by atoms with van der Waals surface area (Å²) in [5.74, 6) is -0.229. The van der Waals surface area contributed by atoms with E-state index in [1.54, 1.807) is 11.6 Å². The smallest absolute Gasteiger partial charge is 0.273 e. The number of amides is 1. The van der Waals surface area contributed by atoms with Crippen LogP contribution in [0.25, 0.3) is 5.69 Å². The van der Waals surface area contributed by atoms with E-state index in [0.717, 1.165) is 28.5 Å². The summed E-state index contributed by atoms with van der Waals surface area (Å²) in [4.78, 5) is 12.0. The highest BCUT2D eigenvalue weighted by Crippen LogP contribution is 2.20. The number of carbonyl (C=O) groups is 1. The van der Waals surface area contributed by atoms with E-state index in [-0.39, 0.29) is 11.9 Å². The lowest BCUT2D eigenvalue weighted by Crippen LogP contribution is -2.27. The first-order valence-electron chi connectivity index (χ1n) is 6.84. The Morgan fingerprint density at radius 3 is 2.77 bits per heavy atom. The molecule has 2 aromatic heterocycles. The monoisotopic (exact) mass is 313 g/mol. The molecule has 1 atom stereocenters. The summed E-state index contributed by atoms with van der Waals surface area (Å²) in [5, 5.41) is 12.7. The van der Waals surface area contributed by atoms with Crippen LogP contribution in [0.2, 0.25) is 0 Å². The van der Waals surface area contributed by atoms with Gasteiger partial charge in [0.15, 0.2) is 5.69 Å². The summed E-state index contributed by atoms with van der Waals surface area (Å²) in [6.07, 6.45) is 1.78. The van der Waals surface area contributed by atoms with Gasteiger partial charge in [-0.1, -0.05) is 22.7 Å². The van der Waals surface area contributed by atoms with Crippen molar-refractivity contribution >= 4 is 17.4 Å². The Labute approximate surface area is 132 Å². The molecule has 0 aliphatic carbocycles. The zero-order chi connectivity index (χ0) is 15.5. The first kappa shape index (κ1) is 14.4. The lowest BCUT2D eigenvalue weighted by atomic mass is 10.1. The van der Waals surface area contributed by atoms with Crippen molar-refractivity contribution in [1.82, 2.24) is 24.7 Å². The van der Waals surface area contributed by atoms with Gasteiger partial charge >= 0.3 is 0 Å². The van der Waals surface area contributed by atoms with E-state index in [4.69, 9.17) is 0 Å². The van der Waals surface area contributed by atoms with Crippen LogP contribution >= 0.6 is 11.5 Å². The second kappa shape index (κ2) is 6.07. The zero-order valence-corrected chi connectivity index (χ0v) is 13.0. The fourth-order valence-electron chi connectivity index (χ4n) is 2.29. The molecule has 7 heteroatoms. The molecule has 0 bridgehead atoms. The third-order valence-electron chi connectivity index (χ3n) is 3.46. The first-order chi connectivity index (χ1) is 10.7. The first-order valence-corrected chi connectivity index (χ1v) is 7.68. The number of carbonyl (C=O) groups excluding carboxylic acids is 1. The fourth-order valence-corrected chi connectivity index (χ4v) is 2.73. The lowest BCUT2D eigenvalue weighted by molar-refractivity contribution is 0.0935. The Morgan fingerprint density at radius 2 is 2.09 bits per heavy atom. The van der Waals surface area contributed by atoms with Crippen LogP contribution in [0.3, 0.4) is 0 Å². The van der Waals surface area contributed by atoms with E-state index in [0.29, 0.717) is 5.69 Å². The van der Waals surface area contributed by atoms with Crippen LogP contribution in [-0.2, 0) is 0 Å². The molecule has 0 saturated carbocycles. The van der Waals surface area contributed by atoms with E-state index in [2.05, 4.69) is 20.0 Å². The predicted molar refractivity (Wildman–Crippen MR) is 84.1 cm³/mol. The number of rotatable bonds is 4. The second-order valence-electron chi connectivity index (χ2n) is 4.92. The number of nitrogens with one attached hydrogen (secondary N) is 1. The molecule has 0 aliphatic heterocycles. The van der Waals surface area contributed by atoms with Crippen molar-refractivity contribution < 1.29 is 4.79 Å². The fraction of sp³-hybridized carbons (Fsp3) is 0.200. The van der Waals surface area contributed by atoms with E-state index in [9.17, 15) is 4.79 Å².